The van der Waals surface area contributed by atoms with Crippen LogP contribution in [-0.4, -0.2) is 30.9 Å². The topological polar surface area (TPSA) is 112 Å². The molecule has 0 atom stereocenters. The Bertz CT molecular complexity index is 770. The molecule has 0 bridgehead atoms. The highest BCUT2D eigenvalue weighted by molar-refractivity contribution is 5.97. The largest absolute Gasteiger partial charge is 0.365 e. The Morgan fingerprint density at radius 3 is 2.81 bits per heavy atom. The van der Waals surface area contributed by atoms with E-state index in [1.807, 2.05) is 24.3 Å². The summed E-state index contributed by atoms with van der Waals surface area (Å²) in [4.78, 5) is 20.6. The average Bonchev–Trinajstić information content (AvgIpc) is 3.02. The molecule has 3 N–H and O–H groups in total. The number of nitrogens with one attached hydrogen (secondary N) is 1. The molecule has 3 aromatic rings. The third kappa shape index (κ3) is 2.68. The van der Waals surface area contributed by atoms with Crippen LogP contribution in [0.3, 0.4) is 0 Å². The van der Waals surface area contributed by atoms with Gasteiger partial charge in [-0.1, -0.05) is 6.07 Å². The summed E-state index contributed by atoms with van der Waals surface area (Å²) in [6, 6.07) is 7.36. The van der Waals surface area contributed by atoms with E-state index in [-0.39, 0.29) is 5.56 Å². The molecule has 0 aliphatic rings. The van der Waals surface area contributed by atoms with Crippen LogP contribution in [0.5, 0.6) is 0 Å². The molecule has 0 saturated heterocycles. The lowest BCUT2D eigenvalue weighted by molar-refractivity contribution is 0.100. The van der Waals surface area contributed by atoms with Gasteiger partial charge >= 0.3 is 0 Å². The Hall–Kier alpha value is -3.29. The summed E-state index contributed by atoms with van der Waals surface area (Å²) in [6.07, 6.45) is 5.90. The van der Waals surface area contributed by atoms with Gasteiger partial charge in [-0.15, -0.1) is 0 Å². The van der Waals surface area contributed by atoms with Crippen LogP contribution >= 0.6 is 0 Å². The minimum atomic E-state index is -0.594. The van der Waals surface area contributed by atoms with Crippen LogP contribution < -0.4 is 11.1 Å². The quantitative estimate of drug-likeness (QED) is 0.734. The van der Waals surface area contributed by atoms with Crippen LogP contribution in [0.1, 0.15) is 10.4 Å². The van der Waals surface area contributed by atoms with Crippen molar-refractivity contribution in [2.24, 2.45) is 5.73 Å². The Kier molecular flexibility index (Phi) is 3.26. The molecule has 8 heteroatoms. The van der Waals surface area contributed by atoms with Gasteiger partial charge in [-0.3, -0.25) is 4.79 Å². The van der Waals surface area contributed by atoms with Gasteiger partial charge in [-0.25, -0.2) is 9.97 Å². The molecule has 21 heavy (non-hydrogen) atoms. The molecular weight excluding hydrogens is 270 g/mol. The summed E-state index contributed by atoms with van der Waals surface area (Å²) in [5.74, 6) is -0.244. The van der Waals surface area contributed by atoms with E-state index in [1.165, 1.54) is 17.3 Å². The Balaban J connectivity index is 1.93. The number of hydrogen-bond donors (Lipinski definition) is 2. The van der Waals surface area contributed by atoms with E-state index < -0.39 is 5.91 Å². The Morgan fingerprint density at radius 1 is 1.24 bits per heavy atom. The summed E-state index contributed by atoms with van der Waals surface area (Å²) in [5.41, 5.74) is 7.02. The van der Waals surface area contributed by atoms with Gasteiger partial charge in [0.25, 0.3) is 5.91 Å². The van der Waals surface area contributed by atoms with Crippen molar-refractivity contribution in [3.63, 3.8) is 0 Å². The first-order valence-electron chi connectivity index (χ1n) is 6.07. The van der Waals surface area contributed by atoms with Crippen molar-refractivity contribution in [2.45, 2.75) is 0 Å². The normalized spacial score (nSPS) is 10.3. The summed E-state index contributed by atoms with van der Waals surface area (Å²) in [5, 5.41) is 11.2. The molecule has 0 spiro atoms. The molecule has 0 radical (unpaired) electrons. The molecule has 1 aromatic carbocycles. The molecule has 0 unspecified atom stereocenters. The fourth-order valence-electron chi connectivity index (χ4n) is 1.80. The Labute approximate surface area is 119 Å². The van der Waals surface area contributed by atoms with Gasteiger partial charge in [0.2, 0.25) is 0 Å². The Morgan fingerprint density at radius 2 is 2.05 bits per heavy atom. The monoisotopic (exact) mass is 281 g/mol. The van der Waals surface area contributed by atoms with Crippen LogP contribution in [0.15, 0.2) is 49.2 Å². The number of benzene rings is 1. The van der Waals surface area contributed by atoms with Gasteiger partial charge in [0, 0.05) is 11.9 Å². The van der Waals surface area contributed by atoms with Crippen molar-refractivity contribution in [1.29, 1.82) is 0 Å². The maximum Gasteiger partial charge on any atom is 0.254 e. The standard InChI is InChI=1S/C13H11N7O/c14-12(21)11-7-15-8-16-13(11)19-9-2-1-3-10(6-9)20-17-4-5-18-20/h1-8H,(H2,14,21)(H,15,16,19). The fourth-order valence-corrected chi connectivity index (χ4v) is 1.80. The highest BCUT2D eigenvalue weighted by Crippen LogP contribution is 2.19. The van der Waals surface area contributed by atoms with E-state index in [2.05, 4.69) is 25.5 Å². The highest BCUT2D eigenvalue weighted by atomic mass is 16.1. The molecule has 2 heterocycles. The van der Waals surface area contributed by atoms with Crippen molar-refractivity contribution in [3.8, 4) is 5.69 Å². The third-order valence-electron chi connectivity index (χ3n) is 2.74. The zero-order chi connectivity index (χ0) is 14.7. The number of carbonyl (C=O) groups is 1. The molecule has 104 valence electrons. The molecule has 8 nitrogen and oxygen atoms in total. The number of aromatic nitrogens is 5. The van der Waals surface area contributed by atoms with E-state index in [0.29, 0.717) is 5.82 Å². The molecule has 3 rings (SSSR count). The molecule has 0 saturated carbocycles. The van der Waals surface area contributed by atoms with E-state index >= 15 is 0 Å². The van der Waals surface area contributed by atoms with E-state index in [4.69, 9.17) is 5.73 Å². The zero-order valence-electron chi connectivity index (χ0n) is 10.8. The predicted molar refractivity (Wildman–Crippen MR) is 75.2 cm³/mol. The minimum absolute atomic E-state index is 0.222. The third-order valence-corrected chi connectivity index (χ3v) is 2.74. The van der Waals surface area contributed by atoms with Gasteiger partial charge in [-0.05, 0) is 18.2 Å². The summed E-state index contributed by atoms with van der Waals surface area (Å²) >= 11 is 0. The number of anilines is 2. The molecule has 2 aromatic heterocycles. The maximum absolute atomic E-state index is 11.3. The number of amides is 1. The van der Waals surface area contributed by atoms with E-state index in [9.17, 15) is 4.79 Å². The number of rotatable bonds is 4. The van der Waals surface area contributed by atoms with Crippen molar-refractivity contribution >= 4 is 17.4 Å². The number of nitrogens with two attached hydrogens (primary N) is 1. The van der Waals surface area contributed by atoms with Crippen molar-refractivity contribution in [1.82, 2.24) is 25.0 Å². The first kappa shape index (κ1) is 12.7. The minimum Gasteiger partial charge on any atom is -0.365 e. The van der Waals surface area contributed by atoms with Crippen LogP contribution in [0.4, 0.5) is 11.5 Å². The van der Waals surface area contributed by atoms with Gasteiger partial charge in [-0.2, -0.15) is 15.0 Å². The van der Waals surface area contributed by atoms with Crippen LogP contribution in [-0.2, 0) is 0 Å². The summed E-state index contributed by atoms with van der Waals surface area (Å²) in [7, 11) is 0. The predicted octanol–water partition coefficient (Wildman–Crippen LogP) is 0.900. The molecule has 0 fully saturated rings. The van der Waals surface area contributed by atoms with Crippen LogP contribution in [0.2, 0.25) is 0 Å². The number of carbonyl (C=O) groups excluding carboxylic acids is 1. The molecule has 1 amide bonds. The summed E-state index contributed by atoms with van der Waals surface area (Å²) in [6.45, 7) is 0. The van der Waals surface area contributed by atoms with Gasteiger partial charge in [0.05, 0.1) is 18.1 Å². The number of nitrogens with zero attached hydrogens (tertiary/aromatic N) is 5. The molecule has 0 aliphatic heterocycles. The lowest BCUT2D eigenvalue weighted by Crippen LogP contribution is -2.14. The zero-order valence-corrected chi connectivity index (χ0v) is 10.8. The number of primary amides is 1. The lowest BCUT2D eigenvalue weighted by Gasteiger charge is -2.09. The second-order valence-electron chi connectivity index (χ2n) is 4.14. The van der Waals surface area contributed by atoms with Crippen molar-refractivity contribution in [2.75, 3.05) is 5.32 Å². The molecular formula is C13H11N7O. The van der Waals surface area contributed by atoms with Gasteiger partial charge < -0.3 is 11.1 Å². The first-order chi connectivity index (χ1) is 10.2. The van der Waals surface area contributed by atoms with Crippen LogP contribution in [0, 0.1) is 0 Å². The van der Waals surface area contributed by atoms with Gasteiger partial charge in [0.1, 0.15) is 17.7 Å². The SMILES string of the molecule is NC(=O)c1cncnc1Nc1cccc(-n2nccn2)c1. The fraction of sp³-hybridized carbons (Fsp3) is 0. The molecule has 0 aliphatic carbocycles. The second kappa shape index (κ2) is 5.37. The van der Waals surface area contributed by atoms with E-state index in [0.717, 1.165) is 11.4 Å². The van der Waals surface area contributed by atoms with Crippen LogP contribution in [0.25, 0.3) is 5.69 Å². The lowest BCUT2D eigenvalue weighted by atomic mass is 10.2. The highest BCUT2D eigenvalue weighted by Gasteiger charge is 2.10. The first-order valence-corrected chi connectivity index (χ1v) is 6.07. The average molecular weight is 281 g/mol. The maximum atomic E-state index is 11.3. The van der Waals surface area contributed by atoms with Gasteiger partial charge in [0.15, 0.2) is 0 Å². The van der Waals surface area contributed by atoms with E-state index in [1.54, 1.807) is 12.4 Å². The number of hydrogen-bond acceptors (Lipinski definition) is 6. The smallest absolute Gasteiger partial charge is 0.254 e. The van der Waals surface area contributed by atoms with Crippen molar-refractivity contribution in [3.05, 3.63) is 54.7 Å². The van der Waals surface area contributed by atoms with Crippen molar-refractivity contribution < 1.29 is 4.79 Å². The summed E-state index contributed by atoms with van der Waals surface area (Å²) < 4.78 is 0. The second-order valence-corrected chi connectivity index (χ2v) is 4.14.